The molecule has 1 aliphatic carbocycles. The van der Waals surface area contributed by atoms with Gasteiger partial charge in [-0.3, -0.25) is 0 Å². The maximum absolute atomic E-state index is 6.31. The topological polar surface area (TPSA) is 0 Å². The Balaban J connectivity index is 2.20. The molecule has 1 rings (SSSR count). The van der Waals surface area contributed by atoms with E-state index in [1.165, 1.54) is 32.1 Å². The van der Waals surface area contributed by atoms with Gasteiger partial charge in [-0.2, -0.15) is 0 Å². The molecule has 1 fully saturated rings. The molecular weight excluding hydrogens is 144 g/mol. The first-order valence-corrected chi connectivity index (χ1v) is 4.73. The summed E-state index contributed by atoms with van der Waals surface area (Å²) in [5.74, 6) is 0.834. The number of hydrogen-bond donors (Lipinski definition) is 0. The third-order valence-corrected chi connectivity index (χ3v) is 2.95. The molecule has 0 amide bonds. The maximum Gasteiger partial charge on any atom is 0.0446 e. The Morgan fingerprint density at radius 2 is 2.10 bits per heavy atom. The zero-order valence-corrected chi connectivity index (χ0v) is 7.75. The average molecular weight is 161 g/mol. The molecule has 0 spiro atoms. The Bertz CT molecular complexity index is 103. The molecule has 0 saturated heterocycles. The Hall–Kier alpha value is 0.290. The van der Waals surface area contributed by atoms with Gasteiger partial charge in [-0.25, -0.2) is 0 Å². The molecule has 0 bridgehead atoms. The summed E-state index contributed by atoms with van der Waals surface area (Å²) in [6.07, 6.45) is 6.49. The smallest absolute Gasteiger partial charge is 0.0446 e. The van der Waals surface area contributed by atoms with E-state index >= 15 is 0 Å². The van der Waals surface area contributed by atoms with E-state index in [9.17, 15) is 0 Å². The molecule has 0 aliphatic heterocycles. The summed E-state index contributed by atoms with van der Waals surface area (Å²) in [4.78, 5) is 0.135. The lowest BCUT2D eigenvalue weighted by Crippen LogP contribution is -2.18. The molecule has 0 heterocycles. The lowest BCUT2D eigenvalue weighted by atomic mass is 9.98. The fourth-order valence-corrected chi connectivity index (χ4v) is 1.76. The number of rotatable bonds is 4. The quantitative estimate of drug-likeness (QED) is 0.552. The van der Waals surface area contributed by atoms with Crippen LogP contribution in [0.2, 0.25) is 0 Å². The number of alkyl halides is 1. The Morgan fingerprint density at radius 3 is 2.50 bits per heavy atom. The van der Waals surface area contributed by atoms with Crippen LogP contribution >= 0.6 is 11.6 Å². The first-order valence-electron chi connectivity index (χ1n) is 4.35. The van der Waals surface area contributed by atoms with Gasteiger partial charge in [0, 0.05) is 4.87 Å². The van der Waals surface area contributed by atoms with Crippen molar-refractivity contribution in [3.63, 3.8) is 0 Å². The predicted molar refractivity (Wildman–Crippen MR) is 46.5 cm³/mol. The minimum atomic E-state index is 0.135. The number of unbranched alkanes of at least 4 members (excludes halogenated alkanes) is 1. The minimum absolute atomic E-state index is 0.135. The fraction of sp³-hybridized carbons (Fsp3) is 1.00. The largest absolute Gasteiger partial charge is 0.119 e. The van der Waals surface area contributed by atoms with E-state index in [1.54, 1.807) is 0 Å². The van der Waals surface area contributed by atoms with Crippen molar-refractivity contribution in [3.8, 4) is 0 Å². The van der Waals surface area contributed by atoms with Crippen LogP contribution in [0.15, 0.2) is 0 Å². The van der Waals surface area contributed by atoms with Crippen LogP contribution in [0.4, 0.5) is 0 Å². The highest BCUT2D eigenvalue weighted by atomic mass is 35.5. The van der Waals surface area contributed by atoms with Crippen LogP contribution in [0, 0.1) is 5.92 Å². The molecule has 1 atom stereocenters. The lowest BCUT2D eigenvalue weighted by molar-refractivity contribution is 0.488. The van der Waals surface area contributed by atoms with Crippen molar-refractivity contribution in [1.29, 1.82) is 0 Å². The Morgan fingerprint density at radius 1 is 1.50 bits per heavy atom. The van der Waals surface area contributed by atoms with Gasteiger partial charge < -0.3 is 0 Å². The molecule has 0 radical (unpaired) electrons. The van der Waals surface area contributed by atoms with Gasteiger partial charge in [0.15, 0.2) is 0 Å². The van der Waals surface area contributed by atoms with Crippen molar-refractivity contribution in [1.82, 2.24) is 0 Å². The van der Waals surface area contributed by atoms with Crippen molar-refractivity contribution < 1.29 is 0 Å². The van der Waals surface area contributed by atoms with E-state index in [4.69, 9.17) is 11.6 Å². The van der Waals surface area contributed by atoms with Crippen molar-refractivity contribution in [2.75, 3.05) is 0 Å². The van der Waals surface area contributed by atoms with Crippen LogP contribution in [0.1, 0.15) is 46.0 Å². The zero-order chi connectivity index (χ0) is 7.61. The highest BCUT2D eigenvalue weighted by molar-refractivity contribution is 6.24. The molecule has 60 valence electrons. The van der Waals surface area contributed by atoms with Crippen molar-refractivity contribution >= 4 is 11.6 Å². The van der Waals surface area contributed by atoms with Crippen LogP contribution in [0.5, 0.6) is 0 Å². The van der Waals surface area contributed by atoms with Crippen LogP contribution < -0.4 is 0 Å². The molecule has 1 heteroatoms. The second-order valence-corrected chi connectivity index (χ2v) is 4.52. The summed E-state index contributed by atoms with van der Waals surface area (Å²) in [5, 5.41) is 0. The average Bonchev–Trinajstić information content (AvgIpc) is 2.64. The second kappa shape index (κ2) is 3.13. The molecule has 0 aromatic carbocycles. The van der Waals surface area contributed by atoms with Crippen LogP contribution in [-0.2, 0) is 0 Å². The first kappa shape index (κ1) is 8.39. The molecule has 0 aromatic heterocycles. The van der Waals surface area contributed by atoms with Gasteiger partial charge in [-0.1, -0.05) is 19.8 Å². The van der Waals surface area contributed by atoms with Crippen LogP contribution in [0.3, 0.4) is 0 Å². The fourth-order valence-electron chi connectivity index (χ4n) is 1.41. The molecule has 0 nitrogen and oxygen atoms in total. The van der Waals surface area contributed by atoms with Gasteiger partial charge in [-0.15, -0.1) is 11.6 Å². The summed E-state index contributed by atoms with van der Waals surface area (Å²) in [6.45, 7) is 4.42. The second-order valence-electron chi connectivity index (χ2n) is 3.66. The van der Waals surface area contributed by atoms with E-state index < -0.39 is 0 Å². The van der Waals surface area contributed by atoms with E-state index in [-0.39, 0.29) is 4.87 Å². The van der Waals surface area contributed by atoms with Crippen molar-refractivity contribution in [2.24, 2.45) is 5.92 Å². The van der Waals surface area contributed by atoms with Crippen molar-refractivity contribution in [2.45, 2.75) is 50.8 Å². The van der Waals surface area contributed by atoms with Crippen LogP contribution in [0.25, 0.3) is 0 Å². The third-order valence-electron chi connectivity index (χ3n) is 2.45. The molecule has 0 aromatic rings. The molecule has 1 unspecified atom stereocenters. The molecule has 0 N–H and O–H groups in total. The van der Waals surface area contributed by atoms with Gasteiger partial charge >= 0.3 is 0 Å². The lowest BCUT2D eigenvalue weighted by Gasteiger charge is -2.20. The first-order chi connectivity index (χ1) is 4.67. The zero-order valence-electron chi connectivity index (χ0n) is 6.99. The molecular formula is C9H17Cl. The standard InChI is InChI=1S/C9H17Cl/c1-3-4-7-9(2,10)8-5-6-8/h8H,3-7H2,1-2H3. The summed E-state index contributed by atoms with van der Waals surface area (Å²) in [5.41, 5.74) is 0. The summed E-state index contributed by atoms with van der Waals surface area (Å²) in [6, 6.07) is 0. The van der Waals surface area contributed by atoms with Crippen LogP contribution in [-0.4, -0.2) is 4.87 Å². The normalized spacial score (nSPS) is 24.3. The van der Waals surface area contributed by atoms with Gasteiger partial charge in [0.2, 0.25) is 0 Å². The van der Waals surface area contributed by atoms with E-state index in [1.807, 2.05) is 0 Å². The summed E-state index contributed by atoms with van der Waals surface area (Å²) in [7, 11) is 0. The molecule has 1 aliphatic rings. The predicted octanol–water partition coefficient (Wildman–Crippen LogP) is 3.58. The van der Waals surface area contributed by atoms with Gasteiger partial charge in [0.05, 0.1) is 0 Å². The molecule has 1 saturated carbocycles. The monoisotopic (exact) mass is 160 g/mol. The summed E-state index contributed by atoms with van der Waals surface area (Å²) >= 11 is 6.31. The SMILES string of the molecule is CCCCC(C)(Cl)C1CC1. The van der Waals surface area contributed by atoms with E-state index in [2.05, 4.69) is 13.8 Å². The number of hydrogen-bond acceptors (Lipinski definition) is 0. The van der Waals surface area contributed by atoms with E-state index in [0.29, 0.717) is 0 Å². The minimum Gasteiger partial charge on any atom is -0.119 e. The maximum atomic E-state index is 6.31. The van der Waals surface area contributed by atoms with Gasteiger partial charge in [-0.05, 0) is 32.1 Å². The third kappa shape index (κ3) is 2.16. The highest BCUT2D eigenvalue weighted by Crippen LogP contribution is 2.46. The summed E-state index contributed by atoms with van der Waals surface area (Å²) < 4.78 is 0. The van der Waals surface area contributed by atoms with Gasteiger partial charge in [0.1, 0.15) is 0 Å². The Labute approximate surface area is 69.0 Å². The van der Waals surface area contributed by atoms with Gasteiger partial charge in [0.25, 0.3) is 0 Å². The van der Waals surface area contributed by atoms with Crippen molar-refractivity contribution in [3.05, 3.63) is 0 Å². The number of halogens is 1. The highest BCUT2D eigenvalue weighted by Gasteiger charge is 2.38. The van der Waals surface area contributed by atoms with E-state index in [0.717, 1.165) is 5.92 Å². The Kier molecular flexibility index (Phi) is 2.62. The molecule has 10 heavy (non-hydrogen) atoms.